The zero-order valence-corrected chi connectivity index (χ0v) is 19.2. The highest BCUT2D eigenvalue weighted by molar-refractivity contribution is 7.89. The number of esters is 1. The number of carbonyl (C=O) groups is 1. The second-order valence-corrected chi connectivity index (χ2v) is 9.87. The monoisotopic (exact) mass is 471 g/mol. The fourth-order valence-electron chi connectivity index (χ4n) is 4.10. The summed E-state index contributed by atoms with van der Waals surface area (Å²) in [6, 6.07) is 16.5. The molecule has 0 aliphatic carbocycles. The van der Waals surface area contributed by atoms with Crippen molar-refractivity contribution in [3.63, 3.8) is 0 Å². The molecule has 33 heavy (non-hydrogen) atoms. The third-order valence-corrected chi connectivity index (χ3v) is 7.81. The molecular weight excluding hydrogens is 445 g/mol. The van der Waals surface area contributed by atoms with Crippen LogP contribution in [0, 0.1) is 11.7 Å². The number of ether oxygens (including phenoxy) is 2. The molecule has 1 saturated heterocycles. The minimum absolute atomic E-state index is 0.0457. The first kappa shape index (κ1) is 23.2. The van der Waals surface area contributed by atoms with Crippen molar-refractivity contribution >= 4 is 26.8 Å². The van der Waals surface area contributed by atoms with Gasteiger partial charge in [-0.05, 0) is 60.9 Å². The standard InChI is InChI=1S/C25H26FNO5S/c1-2-31-24-12-7-18-5-3-4-6-22(18)23(24)17-32-25(28)19-13-15-27(16-14-19)33(29,30)21-10-8-20(26)9-11-21/h3-12,19H,2,13-17H2,1H3. The van der Waals surface area contributed by atoms with Crippen LogP contribution in [0.25, 0.3) is 10.8 Å². The van der Waals surface area contributed by atoms with Crippen LogP contribution in [0.5, 0.6) is 5.75 Å². The van der Waals surface area contributed by atoms with Crippen LogP contribution in [0.4, 0.5) is 4.39 Å². The maximum Gasteiger partial charge on any atom is 0.309 e. The van der Waals surface area contributed by atoms with Gasteiger partial charge < -0.3 is 9.47 Å². The van der Waals surface area contributed by atoms with E-state index in [-0.39, 0.29) is 36.5 Å². The lowest BCUT2D eigenvalue weighted by Gasteiger charge is -2.30. The molecule has 0 N–H and O–H groups in total. The van der Waals surface area contributed by atoms with Crippen LogP contribution >= 0.6 is 0 Å². The van der Waals surface area contributed by atoms with Gasteiger partial charge in [0, 0.05) is 18.7 Å². The molecule has 0 saturated carbocycles. The Hall–Kier alpha value is -2.97. The average Bonchev–Trinajstić information content (AvgIpc) is 2.83. The summed E-state index contributed by atoms with van der Waals surface area (Å²) in [7, 11) is -3.72. The largest absolute Gasteiger partial charge is 0.493 e. The number of halogens is 1. The van der Waals surface area contributed by atoms with Gasteiger partial charge in [-0.1, -0.05) is 30.3 Å². The fourth-order valence-corrected chi connectivity index (χ4v) is 5.57. The van der Waals surface area contributed by atoms with Crippen molar-refractivity contribution in [3.8, 4) is 5.75 Å². The van der Waals surface area contributed by atoms with Gasteiger partial charge in [-0.15, -0.1) is 0 Å². The van der Waals surface area contributed by atoms with E-state index in [1.54, 1.807) is 0 Å². The minimum atomic E-state index is -3.72. The van der Waals surface area contributed by atoms with Crippen LogP contribution in [0.2, 0.25) is 0 Å². The molecule has 1 fully saturated rings. The van der Waals surface area contributed by atoms with Crippen molar-refractivity contribution in [1.29, 1.82) is 0 Å². The number of fused-ring (bicyclic) bond motifs is 1. The van der Waals surface area contributed by atoms with Gasteiger partial charge in [-0.2, -0.15) is 4.31 Å². The van der Waals surface area contributed by atoms with Gasteiger partial charge in [0.25, 0.3) is 0 Å². The molecule has 0 spiro atoms. The molecule has 6 nitrogen and oxygen atoms in total. The number of benzene rings is 3. The smallest absolute Gasteiger partial charge is 0.309 e. The Morgan fingerprint density at radius 3 is 2.42 bits per heavy atom. The molecule has 0 bridgehead atoms. The normalized spacial score (nSPS) is 15.5. The Morgan fingerprint density at radius 1 is 1.03 bits per heavy atom. The van der Waals surface area contributed by atoms with Gasteiger partial charge >= 0.3 is 5.97 Å². The summed E-state index contributed by atoms with van der Waals surface area (Å²) in [4.78, 5) is 12.8. The molecule has 0 radical (unpaired) electrons. The van der Waals surface area contributed by atoms with Gasteiger partial charge in [0.15, 0.2) is 0 Å². The number of nitrogens with zero attached hydrogens (tertiary/aromatic N) is 1. The van der Waals surface area contributed by atoms with Gasteiger partial charge in [-0.3, -0.25) is 4.79 Å². The second kappa shape index (κ2) is 9.89. The summed E-state index contributed by atoms with van der Waals surface area (Å²) in [5.74, 6) is -0.530. The predicted molar refractivity (Wildman–Crippen MR) is 123 cm³/mol. The summed E-state index contributed by atoms with van der Waals surface area (Å²) in [6.07, 6.45) is 0.736. The molecule has 3 aromatic rings. The Labute approximate surface area is 193 Å². The molecule has 0 unspecified atom stereocenters. The summed E-state index contributed by atoms with van der Waals surface area (Å²) < 4.78 is 51.4. The van der Waals surface area contributed by atoms with E-state index in [1.807, 2.05) is 43.3 Å². The third-order valence-electron chi connectivity index (χ3n) is 5.89. The molecule has 4 rings (SSSR count). The zero-order chi connectivity index (χ0) is 23.4. The van der Waals surface area contributed by atoms with Gasteiger partial charge in [0.1, 0.15) is 18.2 Å². The number of sulfonamides is 1. The highest BCUT2D eigenvalue weighted by Gasteiger charge is 2.33. The number of hydrogen-bond acceptors (Lipinski definition) is 5. The fraction of sp³-hybridized carbons (Fsp3) is 0.320. The molecule has 0 aromatic heterocycles. The summed E-state index contributed by atoms with van der Waals surface area (Å²) in [5, 5.41) is 2.00. The van der Waals surface area contributed by atoms with E-state index < -0.39 is 15.8 Å². The van der Waals surface area contributed by atoms with Crippen molar-refractivity contribution in [3.05, 3.63) is 72.0 Å². The van der Waals surface area contributed by atoms with Gasteiger partial charge in [-0.25, -0.2) is 12.8 Å². The zero-order valence-electron chi connectivity index (χ0n) is 18.4. The summed E-state index contributed by atoms with van der Waals surface area (Å²) in [5.41, 5.74) is 0.819. The van der Waals surface area contributed by atoms with Crippen LogP contribution in [0.15, 0.2) is 65.6 Å². The number of rotatable bonds is 7. The number of hydrogen-bond donors (Lipinski definition) is 0. The topological polar surface area (TPSA) is 72.9 Å². The van der Waals surface area contributed by atoms with E-state index in [4.69, 9.17) is 9.47 Å². The molecule has 8 heteroatoms. The number of carbonyl (C=O) groups excluding carboxylic acids is 1. The van der Waals surface area contributed by atoms with Crippen LogP contribution in [0.1, 0.15) is 25.3 Å². The highest BCUT2D eigenvalue weighted by atomic mass is 32.2. The van der Waals surface area contributed by atoms with Crippen LogP contribution in [0.3, 0.4) is 0 Å². The summed E-state index contributed by atoms with van der Waals surface area (Å²) in [6.45, 7) is 2.90. The van der Waals surface area contributed by atoms with E-state index in [1.165, 1.54) is 16.4 Å². The first-order chi connectivity index (χ1) is 15.9. The Morgan fingerprint density at radius 2 is 1.73 bits per heavy atom. The molecule has 174 valence electrons. The quantitative estimate of drug-likeness (QED) is 0.474. The van der Waals surface area contributed by atoms with Crippen molar-refractivity contribution in [2.45, 2.75) is 31.3 Å². The Balaban J connectivity index is 1.40. The molecule has 0 amide bonds. The van der Waals surface area contributed by atoms with E-state index in [9.17, 15) is 17.6 Å². The van der Waals surface area contributed by atoms with Gasteiger partial charge in [0.05, 0.1) is 17.4 Å². The predicted octanol–water partition coefficient (Wildman–Crippen LogP) is 4.52. The molecule has 1 aliphatic heterocycles. The molecule has 1 heterocycles. The van der Waals surface area contributed by atoms with Crippen LogP contribution < -0.4 is 4.74 Å². The molecular formula is C25H26FNO5S. The summed E-state index contributed by atoms with van der Waals surface area (Å²) >= 11 is 0. The van der Waals surface area contributed by atoms with Gasteiger partial charge in [0.2, 0.25) is 10.0 Å². The van der Waals surface area contributed by atoms with Crippen molar-refractivity contribution in [2.75, 3.05) is 19.7 Å². The maximum absolute atomic E-state index is 13.1. The SMILES string of the molecule is CCOc1ccc2ccccc2c1COC(=O)C1CCN(S(=O)(=O)c2ccc(F)cc2)CC1. The molecule has 1 aliphatic rings. The molecule has 0 atom stereocenters. The third kappa shape index (κ3) is 5.02. The first-order valence-corrected chi connectivity index (χ1v) is 12.4. The number of piperidine rings is 1. The maximum atomic E-state index is 13.1. The lowest BCUT2D eigenvalue weighted by atomic mass is 9.98. The minimum Gasteiger partial charge on any atom is -0.493 e. The lowest BCUT2D eigenvalue weighted by Crippen LogP contribution is -2.40. The Bertz CT molecular complexity index is 1240. The molecule has 3 aromatic carbocycles. The van der Waals surface area contributed by atoms with E-state index in [0.717, 1.165) is 28.5 Å². The van der Waals surface area contributed by atoms with E-state index in [2.05, 4.69) is 0 Å². The van der Waals surface area contributed by atoms with Crippen molar-refractivity contribution < 1.29 is 27.1 Å². The highest BCUT2D eigenvalue weighted by Crippen LogP contribution is 2.30. The lowest BCUT2D eigenvalue weighted by molar-refractivity contribution is -0.151. The van der Waals surface area contributed by atoms with Crippen molar-refractivity contribution in [1.82, 2.24) is 4.31 Å². The van der Waals surface area contributed by atoms with E-state index >= 15 is 0 Å². The van der Waals surface area contributed by atoms with E-state index in [0.29, 0.717) is 25.2 Å². The van der Waals surface area contributed by atoms with Crippen LogP contribution in [-0.2, 0) is 26.2 Å². The first-order valence-electron chi connectivity index (χ1n) is 11.0. The average molecular weight is 472 g/mol. The van der Waals surface area contributed by atoms with Crippen molar-refractivity contribution in [2.24, 2.45) is 5.92 Å². The Kier molecular flexibility index (Phi) is 6.95. The second-order valence-electron chi connectivity index (χ2n) is 7.94. The van der Waals surface area contributed by atoms with Crippen LogP contribution in [-0.4, -0.2) is 38.4 Å².